The fraction of sp³-hybridized carbons (Fsp3) is 0.657. The van der Waals surface area contributed by atoms with Gasteiger partial charge in [-0.1, -0.05) is 78.9 Å². The maximum Gasteiger partial charge on any atom is 0.332 e. The van der Waals surface area contributed by atoms with Crippen molar-refractivity contribution in [3.63, 3.8) is 0 Å². The number of likely N-dealkylation sites (tertiary alicyclic amines) is 1. The first kappa shape index (κ1) is 38.4. The molecule has 5 amide bonds. The first-order valence-corrected chi connectivity index (χ1v) is 16.9. The maximum atomic E-state index is 13.9. The number of nitrogens with two attached hydrogens (primary N) is 1. The summed E-state index contributed by atoms with van der Waals surface area (Å²) in [6.07, 6.45) is 6.26. The molecule has 2 aliphatic carbocycles. The second-order valence-electron chi connectivity index (χ2n) is 14.7. The Morgan fingerprint density at radius 2 is 1.56 bits per heavy atom. The van der Waals surface area contributed by atoms with Crippen molar-refractivity contribution >= 4 is 35.5 Å². The number of rotatable bonds is 10. The lowest BCUT2D eigenvalue weighted by Gasteiger charge is -2.38. The summed E-state index contributed by atoms with van der Waals surface area (Å²) in [5.74, 6) is -3.22. The van der Waals surface area contributed by atoms with E-state index in [1.54, 1.807) is 20.8 Å². The number of hydrogen-bond acceptors (Lipinski definition) is 7. The van der Waals surface area contributed by atoms with Gasteiger partial charge in [-0.3, -0.25) is 19.2 Å². The number of carbonyl (C=O) groups excluding carboxylic acids is 6. The van der Waals surface area contributed by atoms with Crippen LogP contribution in [0.4, 0.5) is 9.18 Å². The molecule has 3 fully saturated rings. The summed E-state index contributed by atoms with van der Waals surface area (Å²) >= 11 is 0. The van der Waals surface area contributed by atoms with Crippen molar-refractivity contribution in [3.8, 4) is 0 Å². The Bertz CT molecular complexity index is 1340. The fourth-order valence-electron chi connectivity index (χ4n) is 5.90. The summed E-state index contributed by atoms with van der Waals surface area (Å²) in [5.41, 5.74) is 3.55. The molecule has 0 aromatic heterocycles. The second-order valence-corrected chi connectivity index (χ2v) is 14.7. The number of amides is 5. The Kier molecular flexibility index (Phi) is 13.1. The number of primary amides is 1. The van der Waals surface area contributed by atoms with Crippen LogP contribution < -0.4 is 21.7 Å². The molecule has 0 spiro atoms. The fourth-order valence-corrected chi connectivity index (χ4v) is 5.90. The van der Waals surface area contributed by atoms with Gasteiger partial charge in [-0.05, 0) is 61.1 Å². The molecule has 4 rings (SSSR count). The molecule has 13 heteroatoms. The van der Waals surface area contributed by atoms with E-state index in [1.165, 1.54) is 48.9 Å². The minimum absolute atomic E-state index is 0.0484. The summed E-state index contributed by atoms with van der Waals surface area (Å²) in [7, 11) is 0. The lowest BCUT2D eigenvalue weighted by atomic mass is 9.81. The number of carbonyl (C=O) groups is 6. The molecule has 2 saturated carbocycles. The normalized spacial score (nSPS) is 21.4. The van der Waals surface area contributed by atoms with Crippen LogP contribution in [0, 0.1) is 23.1 Å². The minimum atomic E-state index is -1.30. The molecule has 1 saturated heterocycles. The van der Waals surface area contributed by atoms with Crippen LogP contribution in [0.1, 0.15) is 98.5 Å². The molecule has 5 N–H and O–H groups in total. The van der Waals surface area contributed by atoms with Crippen molar-refractivity contribution in [2.75, 3.05) is 6.54 Å². The first-order valence-electron chi connectivity index (χ1n) is 16.9. The Morgan fingerprint density at radius 1 is 0.979 bits per heavy atom. The van der Waals surface area contributed by atoms with Crippen LogP contribution >= 0.6 is 0 Å². The molecule has 1 aromatic carbocycles. The third kappa shape index (κ3) is 10.7. The number of Topliss-reactive ketones (excluding diaryl/α,β-unsaturated/α-hetero) is 1. The monoisotopic (exact) mass is 673 g/mol. The molecule has 0 bridgehead atoms. The van der Waals surface area contributed by atoms with Crippen LogP contribution in [0.5, 0.6) is 0 Å². The van der Waals surface area contributed by atoms with Crippen LogP contribution in [-0.4, -0.2) is 70.6 Å². The van der Waals surface area contributed by atoms with Crippen molar-refractivity contribution in [2.24, 2.45) is 23.0 Å². The van der Waals surface area contributed by atoms with Crippen molar-refractivity contribution in [2.45, 2.75) is 123 Å². The summed E-state index contributed by atoms with van der Waals surface area (Å²) < 4.78 is 18.8. The quantitative estimate of drug-likeness (QED) is 0.217. The number of nitrogens with zero attached hydrogens (tertiary/aromatic N) is 1. The number of nitrogens with one attached hydrogen (secondary N) is 3. The highest BCUT2D eigenvalue weighted by Crippen LogP contribution is 2.31. The standard InChI is InChI=1S/C31H44FN5O7.C4H8/c1-18-15-22(26(40)34-19(2)23(38)25(33)39)37(16-18)27(41)24(30(3,4)5)35-29(43)36-31(13-7-6-8-14-31)28(42)44-17-20-9-11-21(32)12-10-20;1-4-2-3-4/h9-12,18-19,22,24H,6-8,13-17H2,1-5H3,(H2,33,39)(H,34,40)(H2,35,36,43);4H,2-3H2,1H3/t18-,19?,22+,24-;/m1./s1. The number of halogens is 1. The van der Waals surface area contributed by atoms with Gasteiger partial charge in [0, 0.05) is 6.54 Å². The van der Waals surface area contributed by atoms with E-state index in [4.69, 9.17) is 10.5 Å². The van der Waals surface area contributed by atoms with Gasteiger partial charge in [0.1, 0.15) is 30.0 Å². The van der Waals surface area contributed by atoms with Gasteiger partial charge in [-0.15, -0.1) is 0 Å². The summed E-state index contributed by atoms with van der Waals surface area (Å²) in [5, 5.41) is 8.02. The van der Waals surface area contributed by atoms with Gasteiger partial charge in [0.15, 0.2) is 0 Å². The van der Waals surface area contributed by atoms with E-state index < -0.39 is 70.4 Å². The highest BCUT2D eigenvalue weighted by atomic mass is 19.1. The summed E-state index contributed by atoms with van der Waals surface area (Å²) in [6, 6.07) is 1.66. The Balaban J connectivity index is 0.00000145. The highest BCUT2D eigenvalue weighted by Gasteiger charge is 2.46. The van der Waals surface area contributed by atoms with Gasteiger partial charge in [-0.2, -0.15) is 0 Å². The van der Waals surface area contributed by atoms with E-state index in [2.05, 4.69) is 22.9 Å². The Hall–Kier alpha value is -4.03. The van der Waals surface area contributed by atoms with E-state index in [0.717, 1.165) is 12.3 Å². The number of hydrogen-bond donors (Lipinski definition) is 4. The van der Waals surface area contributed by atoms with Gasteiger partial charge in [0.25, 0.3) is 5.91 Å². The molecule has 3 aliphatic rings. The molecule has 4 atom stereocenters. The van der Waals surface area contributed by atoms with Crippen molar-refractivity contribution in [1.82, 2.24) is 20.9 Å². The van der Waals surface area contributed by atoms with Crippen LogP contribution in [-0.2, 0) is 35.3 Å². The lowest BCUT2D eigenvalue weighted by Crippen LogP contribution is -2.63. The maximum absolute atomic E-state index is 13.9. The minimum Gasteiger partial charge on any atom is -0.459 e. The van der Waals surface area contributed by atoms with Crippen LogP contribution in [0.25, 0.3) is 0 Å². The van der Waals surface area contributed by atoms with Crippen LogP contribution in [0.2, 0.25) is 0 Å². The molecular formula is C35H52FN5O7. The summed E-state index contributed by atoms with van der Waals surface area (Å²) in [4.78, 5) is 78.4. The molecule has 1 heterocycles. The molecule has 48 heavy (non-hydrogen) atoms. The third-order valence-electron chi connectivity index (χ3n) is 9.08. The van der Waals surface area contributed by atoms with Crippen LogP contribution in [0.15, 0.2) is 24.3 Å². The topological polar surface area (TPSA) is 177 Å². The Labute approximate surface area is 282 Å². The van der Waals surface area contributed by atoms with Gasteiger partial charge in [0.05, 0.1) is 6.04 Å². The number of urea groups is 1. The molecule has 12 nitrogen and oxygen atoms in total. The van der Waals surface area contributed by atoms with E-state index in [1.807, 2.05) is 6.92 Å². The lowest BCUT2D eigenvalue weighted by molar-refractivity contribution is -0.154. The molecule has 0 radical (unpaired) electrons. The number of ether oxygens (including phenoxy) is 1. The molecular weight excluding hydrogens is 621 g/mol. The van der Waals surface area contributed by atoms with E-state index in [-0.39, 0.29) is 19.1 Å². The highest BCUT2D eigenvalue weighted by molar-refractivity contribution is 6.37. The zero-order valence-corrected chi connectivity index (χ0v) is 29.0. The largest absolute Gasteiger partial charge is 0.459 e. The van der Waals surface area contributed by atoms with Crippen molar-refractivity contribution in [1.29, 1.82) is 0 Å². The molecule has 1 aliphatic heterocycles. The van der Waals surface area contributed by atoms with Gasteiger partial charge >= 0.3 is 12.0 Å². The average molecular weight is 674 g/mol. The zero-order chi connectivity index (χ0) is 35.8. The van der Waals surface area contributed by atoms with Crippen molar-refractivity contribution < 1.29 is 37.9 Å². The molecule has 1 aromatic rings. The van der Waals surface area contributed by atoms with Gasteiger partial charge < -0.3 is 31.3 Å². The smallest absolute Gasteiger partial charge is 0.332 e. The number of ketones is 1. The van der Waals surface area contributed by atoms with Crippen molar-refractivity contribution in [3.05, 3.63) is 35.6 Å². The van der Waals surface area contributed by atoms with Gasteiger partial charge in [-0.25, -0.2) is 14.0 Å². The Morgan fingerprint density at radius 3 is 2.08 bits per heavy atom. The van der Waals surface area contributed by atoms with E-state index in [9.17, 15) is 33.2 Å². The van der Waals surface area contributed by atoms with E-state index in [0.29, 0.717) is 37.7 Å². The van der Waals surface area contributed by atoms with Crippen LogP contribution in [0.3, 0.4) is 0 Å². The predicted octanol–water partition coefficient (Wildman–Crippen LogP) is 3.50. The number of esters is 1. The second kappa shape index (κ2) is 16.4. The zero-order valence-electron chi connectivity index (χ0n) is 29.0. The SMILES string of the molecule is CC(NC(=O)[C@@H]1C[C@@H](C)CN1C(=O)[C@@H](NC(=O)NC1(C(=O)OCc2ccc(F)cc2)CCCCC1)C(C)(C)C)C(=O)C(N)=O.CC1CC1. The third-order valence-corrected chi connectivity index (χ3v) is 9.08. The van der Waals surface area contributed by atoms with E-state index >= 15 is 0 Å². The first-order chi connectivity index (χ1) is 22.4. The predicted molar refractivity (Wildman–Crippen MR) is 176 cm³/mol. The average Bonchev–Trinajstić information content (AvgIpc) is 3.71. The molecule has 266 valence electrons. The number of benzene rings is 1. The summed E-state index contributed by atoms with van der Waals surface area (Å²) in [6.45, 7) is 11.0. The van der Waals surface area contributed by atoms with Gasteiger partial charge in [0.2, 0.25) is 17.6 Å². The molecule has 1 unspecified atom stereocenters.